The predicted octanol–water partition coefficient (Wildman–Crippen LogP) is 5.27. The van der Waals surface area contributed by atoms with E-state index >= 15 is 0 Å². The summed E-state index contributed by atoms with van der Waals surface area (Å²) in [6, 6.07) is 19.3. The Morgan fingerprint density at radius 2 is 1.68 bits per heavy atom. The highest BCUT2D eigenvalue weighted by Crippen LogP contribution is 2.43. The van der Waals surface area contributed by atoms with Gasteiger partial charge >= 0.3 is 0 Å². The lowest BCUT2D eigenvalue weighted by Gasteiger charge is -2.27. The van der Waals surface area contributed by atoms with Crippen LogP contribution in [0.5, 0.6) is 0 Å². The summed E-state index contributed by atoms with van der Waals surface area (Å²) in [6.07, 6.45) is 1.28. The number of ether oxygens (including phenoxy) is 1. The number of amides is 2. The smallest absolute Gasteiger partial charge is 0.250 e. The molecule has 40 heavy (non-hydrogen) atoms. The molecule has 1 saturated heterocycles. The van der Waals surface area contributed by atoms with E-state index in [9.17, 15) is 14.4 Å². The van der Waals surface area contributed by atoms with Crippen LogP contribution >= 0.6 is 11.3 Å². The maximum atomic E-state index is 13.1. The van der Waals surface area contributed by atoms with Crippen molar-refractivity contribution < 1.29 is 18.7 Å². The van der Waals surface area contributed by atoms with Crippen molar-refractivity contribution >= 4 is 65.9 Å². The first-order valence-corrected chi connectivity index (χ1v) is 14.2. The first kappa shape index (κ1) is 24.8. The quantitative estimate of drug-likeness (QED) is 0.308. The lowest BCUT2D eigenvalue weighted by Crippen LogP contribution is -2.45. The highest BCUT2D eigenvalue weighted by molar-refractivity contribution is 7.26. The van der Waals surface area contributed by atoms with Crippen LogP contribution in [-0.2, 0) is 14.3 Å². The van der Waals surface area contributed by atoms with Crippen molar-refractivity contribution in [2.45, 2.75) is 25.3 Å². The predicted molar refractivity (Wildman–Crippen MR) is 158 cm³/mol. The lowest BCUT2D eigenvalue weighted by molar-refractivity contribution is -0.126. The first-order valence-electron chi connectivity index (χ1n) is 13.4. The zero-order valence-electron chi connectivity index (χ0n) is 21.9. The van der Waals surface area contributed by atoms with Gasteiger partial charge in [-0.25, -0.2) is 0 Å². The monoisotopic (exact) mass is 553 g/mol. The molecule has 2 amide bonds. The Kier molecular flexibility index (Phi) is 5.87. The number of nitrogens with one attached hydrogen (secondary N) is 2. The normalized spacial score (nSPS) is 16.4. The van der Waals surface area contributed by atoms with Crippen LogP contribution in [0.4, 0.5) is 11.6 Å². The molecule has 2 aliphatic rings. The Bertz CT molecular complexity index is 1880. The molecule has 9 heteroatoms. The lowest BCUT2D eigenvalue weighted by atomic mass is 10.0. The first-order chi connectivity index (χ1) is 19.4. The second-order valence-corrected chi connectivity index (χ2v) is 11.5. The van der Waals surface area contributed by atoms with Crippen molar-refractivity contribution in [1.29, 1.82) is 0 Å². The van der Waals surface area contributed by atoms with E-state index in [1.165, 1.54) is 6.92 Å². The Hall–Kier alpha value is -4.21. The Morgan fingerprint density at radius 1 is 0.925 bits per heavy atom. The van der Waals surface area contributed by atoms with Gasteiger partial charge in [0.15, 0.2) is 11.3 Å². The average molecular weight is 554 g/mol. The number of nitrogens with zero attached hydrogens (tertiary/aromatic N) is 1. The van der Waals surface area contributed by atoms with E-state index in [4.69, 9.17) is 9.15 Å². The standard InChI is InChI=1S/C31H27N3O5S/c1-18(35)33-31(10-11-31)30(37)32-19-8-9-26-24(16-19)22-6-3-5-21(29(22)40-26)20-4-2-7-23-25(36)17-27(39-28(20)23)34-12-14-38-15-13-34/h2-9,16-17H,10-15H2,1H3,(H,32,37)(H,33,35). The molecule has 0 atom stereocenters. The minimum absolute atomic E-state index is 0.0683. The molecule has 3 aromatic carbocycles. The summed E-state index contributed by atoms with van der Waals surface area (Å²) in [7, 11) is 0. The number of anilines is 2. The second-order valence-electron chi connectivity index (χ2n) is 10.4. The fraction of sp³-hybridized carbons (Fsp3) is 0.258. The van der Waals surface area contributed by atoms with Crippen LogP contribution in [0, 0.1) is 0 Å². The van der Waals surface area contributed by atoms with Gasteiger partial charge in [-0.15, -0.1) is 11.3 Å². The number of hydrogen-bond acceptors (Lipinski definition) is 7. The van der Waals surface area contributed by atoms with Gasteiger partial charge < -0.3 is 24.7 Å². The molecule has 0 unspecified atom stereocenters. The van der Waals surface area contributed by atoms with Crippen molar-refractivity contribution in [2.24, 2.45) is 0 Å². The van der Waals surface area contributed by atoms with Gasteiger partial charge in [-0.05, 0) is 37.1 Å². The molecule has 202 valence electrons. The molecule has 2 aromatic heterocycles. The van der Waals surface area contributed by atoms with E-state index in [1.807, 2.05) is 36.4 Å². The van der Waals surface area contributed by atoms with Gasteiger partial charge in [0.05, 0.1) is 18.6 Å². The van der Waals surface area contributed by atoms with Crippen molar-refractivity contribution in [3.8, 4) is 11.1 Å². The molecule has 2 fully saturated rings. The Labute approximate surface area is 233 Å². The van der Waals surface area contributed by atoms with E-state index in [2.05, 4.69) is 27.7 Å². The van der Waals surface area contributed by atoms with E-state index in [0.29, 0.717) is 61.7 Å². The second kappa shape index (κ2) is 9.46. The molecule has 0 radical (unpaired) electrons. The van der Waals surface area contributed by atoms with Gasteiger partial charge in [0, 0.05) is 63.1 Å². The number of carbonyl (C=O) groups is 2. The highest BCUT2D eigenvalue weighted by atomic mass is 32.1. The molecular formula is C31H27N3O5S. The fourth-order valence-corrected chi connectivity index (χ4v) is 6.74. The molecule has 5 aromatic rings. The number of benzene rings is 3. The number of rotatable bonds is 5. The summed E-state index contributed by atoms with van der Waals surface area (Å²) in [5, 5.41) is 8.42. The van der Waals surface area contributed by atoms with Crippen LogP contribution in [0.15, 0.2) is 69.9 Å². The van der Waals surface area contributed by atoms with E-state index in [-0.39, 0.29) is 17.2 Å². The number of fused-ring (bicyclic) bond motifs is 4. The van der Waals surface area contributed by atoms with Crippen LogP contribution in [-0.4, -0.2) is 43.7 Å². The number of morpholine rings is 1. The topological polar surface area (TPSA) is 101 Å². The number of thiophene rings is 1. The van der Waals surface area contributed by atoms with Gasteiger partial charge in [-0.1, -0.05) is 30.3 Å². The third kappa shape index (κ3) is 4.22. The van der Waals surface area contributed by atoms with Crippen LogP contribution in [0.1, 0.15) is 19.8 Å². The highest BCUT2D eigenvalue weighted by Gasteiger charge is 2.50. The third-order valence-corrected chi connectivity index (χ3v) is 8.93. The largest absolute Gasteiger partial charge is 0.440 e. The molecule has 2 N–H and O–H groups in total. The molecule has 3 heterocycles. The van der Waals surface area contributed by atoms with Crippen LogP contribution in [0.2, 0.25) is 0 Å². The zero-order chi connectivity index (χ0) is 27.4. The molecular weight excluding hydrogens is 526 g/mol. The molecule has 1 aliphatic heterocycles. The van der Waals surface area contributed by atoms with Crippen LogP contribution in [0.25, 0.3) is 42.3 Å². The van der Waals surface area contributed by atoms with Crippen molar-refractivity contribution in [3.63, 3.8) is 0 Å². The van der Waals surface area contributed by atoms with Gasteiger partial charge in [0.2, 0.25) is 11.8 Å². The minimum atomic E-state index is -0.803. The Morgan fingerprint density at radius 3 is 2.42 bits per heavy atom. The summed E-state index contributed by atoms with van der Waals surface area (Å²) >= 11 is 1.67. The number of carbonyl (C=O) groups excluding carboxylic acids is 2. The summed E-state index contributed by atoms with van der Waals surface area (Å²) in [5.74, 6) is 0.162. The molecule has 7 rings (SSSR count). The summed E-state index contributed by atoms with van der Waals surface area (Å²) in [6.45, 7) is 3.97. The van der Waals surface area contributed by atoms with E-state index in [0.717, 1.165) is 31.3 Å². The van der Waals surface area contributed by atoms with Crippen molar-refractivity contribution in [1.82, 2.24) is 5.32 Å². The fourth-order valence-electron chi connectivity index (χ4n) is 5.53. The van der Waals surface area contributed by atoms with E-state index in [1.54, 1.807) is 23.5 Å². The molecule has 1 aliphatic carbocycles. The third-order valence-electron chi connectivity index (χ3n) is 7.71. The van der Waals surface area contributed by atoms with Gasteiger partial charge in [-0.2, -0.15) is 0 Å². The van der Waals surface area contributed by atoms with Gasteiger partial charge in [0.1, 0.15) is 11.1 Å². The Balaban J connectivity index is 1.31. The average Bonchev–Trinajstić information content (AvgIpc) is 3.64. The van der Waals surface area contributed by atoms with Gasteiger partial charge in [0.25, 0.3) is 0 Å². The summed E-state index contributed by atoms with van der Waals surface area (Å²) < 4.78 is 14.0. The van der Waals surface area contributed by atoms with Crippen LogP contribution in [0.3, 0.4) is 0 Å². The van der Waals surface area contributed by atoms with Crippen LogP contribution < -0.4 is 21.0 Å². The molecule has 0 bridgehead atoms. The minimum Gasteiger partial charge on any atom is -0.440 e. The molecule has 1 saturated carbocycles. The molecule has 8 nitrogen and oxygen atoms in total. The number of para-hydroxylation sites is 1. The zero-order valence-corrected chi connectivity index (χ0v) is 22.7. The molecule has 0 spiro atoms. The van der Waals surface area contributed by atoms with Gasteiger partial charge in [-0.3, -0.25) is 14.4 Å². The maximum Gasteiger partial charge on any atom is 0.250 e. The van der Waals surface area contributed by atoms with Crippen molar-refractivity contribution in [2.75, 3.05) is 36.5 Å². The van der Waals surface area contributed by atoms with E-state index < -0.39 is 5.54 Å². The maximum absolute atomic E-state index is 13.1. The SMILES string of the molecule is CC(=O)NC1(C(=O)Nc2ccc3sc4c(-c5cccc6c(=O)cc(N7CCOCC7)oc56)cccc4c3c2)CC1. The van der Waals surface area contributed by atoms with Crippen molar-refractivity contribution in [3.05, 3.63) is 70.9 Å². The summed E-state index contributed by atoms with van der Waals surface area (Å²) in [5.41, 5.74) is 2.23. The summed E-state index contributed by atoms with van der Waals surface area (Å²) in [4.78, 5) is 39.7. The number of hydrogen-bond donors (Lipinski definition) is 2.